The molecule has 1 unspecified atom stereocenters. The van der Waals surface area contributed by atoms with Gasteiger partial charge in [-0.3, -0.25) is 0 Å². The number of hydrogen-bond donors (Lipinski definition) is 1. The minimum Gasteiger partial charge on any atom is -0.497 e. The molecule has 0 amide bonds. The third-order valence-electron chi connectivity index (χ3n) is 4.54. The minimum absolute atomic E-state index is 0.111. The van der Waals surface area contributed by atoms with E-state index < -0.39 is 0 Å². The van der Waals surface area contributed by atoms with Crippen molar-refractivity contribution in [1.29, 1.82) is 0 Å². The molecule has 4 heteroatoms. The number of likely N-dealkylation sites (N-methyl/N-ethyl adjacent to an activating group) is 1. The van der Waals surface area contributed by atoms with Gasteiger partial charge in [-0.1, -0.05) is 19.8 Å². The lowest BCUT2D eigenvalue weighted by atomic mass is 9.86. The molecule has 1 aromatic rings. The van der Waals surface area contributed by atoms with Crippen molar-refractivity contribution in [2.24, 2.45) is 0 Å². The van der Waals surface area contributed by atoms with Crippen LogP contribution in [0.25, 0.3) is 0 Å². The third-order valence-corrected chi connectivity index (χ3v) is 4.54. The smallest absolute Gasteiger partial charge is 0.124 e. The van der Waals surface area contributed by atoms with Gasteiger partial charge in [0.05, 0.1) is 25.9 Å². The van der Waals surface area contributed by atoms with Gasteiger partial charge in [-0.05, 0) is 37.6 Å². The van der Waals surface area contributed by atoms with E-state index in [4.69, 9.17) is 14.2 Å². The van der Waals surface area contributed by atoms with Crippen molar-refractivity contribution in [3.05, 3.63) is 23.8 Å². The first kappa shape index (κ1) is 16.1. The van der Waals surface area contributed by atoms with Crippen LogP contribution in [-0.2, 0) is 4.74 Å². The van der Waals surface area contributed by atoms with Crippen LogP contribution in [0.1, 0.15) is 44.2 Å². The Kier molecular flexibility index (Phi) is 5.48. The van der Waals surface area contributed by atoms with Crippen molar-refractivity contribution in [1.82, 2.24) is 5.32 Å². The van der Waals surface area contributed by atoms with Crippen molar-refractivity contribution in [3.8, 4) is 11.5 Å². The van der Waals surface area contributed by atoms with Crippen LogP contribution in [0.4, 0.5) is 0 Å². The van der Waals surface area contributed by atoms with Crippen LogP contribution in [0.3, 0.4) is 0 Å². The zero-order valence-electron chi connectivity index (χ0n) is 13.6. The summed E-state index contributed by atoms with van der Waals surface area (Å²) >= 11 is 0. The maximum Gasteiger partial charge on any atom is 0.124 e. The van der Waals surface area contributed by atoms with E-state index in [9.17, 15) is 0 Å². The Morgan fingerprint density at radius 3 is 2.38 bits per heavy atom. The van der Waals surface area contributed by atoms with Crippen LogP contribution in [-0.4, -0.2) is 33.5 Å². The fraction of sp³-hybridized carbons (Fsp3) is 0.647. The van der Waals surface area contributed by atoms with E-state index in [2.05, 4.69) is 18.3 Å². The highest BCUT2D eigenvalue weighted by Crippen LogP contribution is 2.45. The van der Waals surface area contributed by atoms with E-state index in [1.165, 1.54) is 12.8 Å². The minimum atomic E-state index is -0.157. The molecule has 0 aromatic heterocycles. The van der Waals surface area contributed by atoms with Gasteiger partial charge in [0, 0.05) is 12.7 Å². The second-order valence-corrected chi connectivity index (χ2v) is 5.57. The van der Waals surface area contributed by atoms with E-state index in [1.54, 1.807) is 14.2 Å². The van der Waals surface area contributed by atoms with Gasteiger partial charge in [-0.15, -0.1) is 0 Å². The Morgan fingerprint density at radius 1 is 1.14 bits per heavy atom. The first-order valence-corrected chi connectivity index (χ1v) is 7.71. The molecule has 2 rings (SSSR count). The highest BCUT2D eigenvalue weighted by molar-refractivity contribution is 5.43. The van der Waals surface area contributed by atoms with Crippen molar-refractivity contribution >= 4 is 0 Å². The summed E-state index contributed by atoms with van der Waals surface area (Å²) in [4.78, 5) is 0. The molecule has 0 aliphatic heterocycles. The number of ether oxygens (including phenoxy) is 3. The molecule has 0 radical (unpaired) electrons. The van der Waals surface area contributed by atoms with Gasteiger partial charge < -0.3 is 19.5 Å². The van der Waals surface area contributed by atoms with Crippen LogP contribution in [0, 0.1) is 0 Å². The number of nitrogens with one attached hydrogen (secondary N) is 1. The van der Waals surface area contributed by atoms with Crippen molar-refractivity contribution in [3.63, 3.8) is 0 Å². The fourth-order valence-corrected chi connectivity index (χ4v) is 3.43. The zero-order valence-corrected chi connectivity index (χ0v) is 13.6. The Hall–Kier alpha value is -1.26. The maximum absolute atomic E-state index is 5.98. The summed E-state index contributed by atoms with van der Waals surface area (Å²) in [5.41, 5.74) is 0.956. The Labute approximate surface area is 127 Å². The molecular weight excluding hydrogens is 266 g/mol. The monoisotopic (exact) mass is 293 g/mol. The zero-order chi connectivity index (χ0) is 15.3. The van der Waals surface area contributed by atoms with Gasteiger partial charge in [0.25, 0.3) is 0 Å². The average Bonchev–Trinajstić information content (AvgIpc) is 3.02. The summed E-state index contributed by atoms with van der Waals surface area (Å²) in [6.07, 6.45) is 4.56. The summed E-state index contributed by atoms with van der Waals surface area (Å²) < 4.78 is 16.9. The summed E-state index contributed by atoms with van der Waals surface area (Å²) in [6.45, 7) is 3.01. The topological polar surface area (TPSA) is 39.7 Å². The van der Waals surface area contributed by atoms with Gasteiger partial charge in [0.15, 0.2) is 0 Å². The van der Waals surface area contributed by atoms with E-state index in [0.29, 0.717) is 0 Å². The van der Waals surface area contributed by atoms with Crippen LogP contribution >= 0.6 is 0 Å². The molecule has 1 fully saturated rings. The molecule has 0 bridgehead atoms. The molecule has 21 heavy (non-hydrogen) atoms. The molecule has 1 saturated carbocycles. The molecule has 0 heterocycles. The van der Waals surface area contributed by atoms with Gasteiger partial charge in [-0.25, -0.2) is 0 Å². The van der Waals surface area contributed by atoms with E-state index in [-0.39, 0.29) is 11.6 Å². The van der Waals surface area contributed by atoms with E-state index >= 15 is 0 Å². The number of methoxy groups -OCH3 is 3. The van der Waals surface area contributed by atoms with Gasteiger partial charge in [-0.2, -0.15) is 0 Å². The predicted molar refractivity (Wildman–Crippen MR) is 84.2 cm³/mol. The highest BCUT2D eigenvalue weighted by atomic mass is 16.5. The average molecular weight is 293 g/mol. The van der Waals surface area contributed by atoms with Crippen molar-refractivity contribution in [2.75, 3.05) is 27.9 Å². The van der Waals surface area contributed by atoms with E-state index in [0.717, 1.165) is 36.4 Å². The second kappa shape index (κ2) is 7.14. The van der Waals surface area contributed by atoms with Crippen LogP contribution in [0.15, 0.2) is 18.2 Å². The Morgan fingerprint density at radius 2 is 1.86 bits per heavy atom. The Balaban J connectivity index is 2.46. The lowest BCUT2D eigenvalue weighted by molar-refractivity contribution is -0.0369. The molecule has 1 aliphatic rings. The van der Waals surface area contributed by atoms with Gasteiger partial charge in [0.2, 0.25) is 0 Å². The molecular formula is C17H27NO3. The summed E-state index contributed by atoms with van der Waals surface area (Å²) in [5.74, 6) is 1.73. The summed E-state index contributed by atoms with van der Waals surface area (Å²) in [6, 6.07) is 6.07. The molecule has 1 aliphatic carbocycles. The first-order chi connectivity index (χ1) is 10.2. The molecule has 4 nitrogen and oxygen atoms in total. The standard InChI is InChI=1S/C17H27NO3/c1-5-18-16(17(21-4)10-6-7-11-17)14-12-13(19-2)8-9-15(14)20-3/h8-9,12,16,18H,5-7,10-11H2,1-4H3. The van der Waals surface area contributed by atoms with Crippen LogP contribution in [0.2, 0.25) is 0 Å². The quantitative estimate of drug-likeness (QED) is 0.837. The summed E-state index contributed by atoms with van der Waals surface area (Å²) in [7, 11) is 5.22. The lowest BCUT2D eigenvalue weighted by Crippen LogP contribution is -2.43. The first-order valence-electron chi connectivity index (χ1n) is 7.71. The van der Waals surface area contributed by atoms with E-state index in [1.807, 2.05) is 19.2 Å². The molecule has 0 saturated heterocycles. The molecule has 118 valence electrons. The van der Waals surface area contributed by atoms with Crippen molar-refractivity contribution < 1.29 is 14.2 Å². The number of hydrogen-bond acceptors (Lipinski definition) is 4. The second-order valence-electron chi connectivity index (χ2n) is 5.57. The molecule has 0 spiro atoms. The number of rotatable bonds is 7. The summed E-state index contributed by atoms with van der Waals surface area (Å²) in [5, 5.41) is 3.60. The molecule has 1 N–H and O–H groups in total. The van der Waals surface area contributed by atoms with Crippen molar-refractivity contribution in [2.45, 2.75) is 44.2 Å². The normalized spacial score (nSPS) is 18.5. The Bertz CT molecular complexity index is 455. The van der Waals surface area contributed by atoms with Gasteiger partial charge >= 0.3 is 0 Å². The largest absolute Gasteiger partial charge is 0.497 e. The fourth-order valence-electron chi connectivity index (χ4n) is 3.43. The number of benzene rings is 1. The highest BCUT2D eigenvalue weighted by Gasteiger charge is 2.43. The third kappa shape index (κ3) is 3.16. The van der Waals surface area contributed by atoms with Crippen LogP contribution in [0.5, 0.6) is 11.5 Å². The molecule has 1 atom stereocenters. The van der Waals surface area contributed by atoms with Crippen LogP contribution < -0.4 is 14.8 Å². The van der Waals surface area contributed by atoms with Gasteiger partial charge in [0.1, 0.15) is 11.5 Å². The lowest BCUT2D eigenvalue weighted by Gasteiger charge is -2.38. The maximum atomic E-state index is 5.98. The SMILES string of the molecule is CCNC(c1cc(OC)ccc1OC)C1(OC)CCCC1. The molecule has 1 aromatic carbocycles. The predicted octanol–water partition coefficient (Wildman–Crippen LogP) is 3.31.